The molecule has 6 nitrogen and oxygen atoms in total. The second-order valence-corrected chi connectivity index (χ2v) is 4.67. The van der Waals surface area contributed by atoms with E-state index in [1.165, 1.54) is 0 Å². The highest BCUT2D eigenvalue weighted by atomic mass is 16.5. The molecule has 0 saturated heterocycles. The molecule has 116 valence electrons. The van der Waals surface area contributed by atoms with E-state index in [4.69, 9.17) is 10.5 Å². The third-order valence-electron chi connectivity index (χ3n) is 3.11. The molecule has 4 N–H and O–H groups in total. The van der Waals surface area contributed by atoms with Crippen molar-refractivity contribution < 1.29 is 14.3 Å². The average Bonchev–Trinajstić information content (AvgIpc) is 2.49. The number of para-hydroxylation sites is 1. The Kier molecular flexibility index (Phi) is 7.08. The highest BCUT2D eigenvalue weighted by Crippen LogP contribution is 2.26. The van der Waals surface area contributed by atoms with Crippen LogP contribution < -0.4 is 21.1 Å². The molecule has 0 saturated carbocycles. The quantitative estimate of drug-likeness (QED) is 0.637. The lowest BCUT2D eigenvalue weighted by Gasteiger charge is -2.20. The highest BCUT2D eigenvalue weighted by molar-refractivity contribution is 5.75. The van der Waals surface area contributed by atoms with Crippen molar-refractivity contribution in [3.8, 4) is 5.75 Å². The third-order valence-corrected chi connectivity index (χ3v) is 3.11. The summed E-state index contributed by atoms with van der Waals surface area (Å²) in [5, 5.41) is 5.61. The molecular formula is C15H23N3O3. The Bertz CT molecular complexity index is 477. The van der Waals surface area contributed by atoms with Gasteiger partial charge in [0.05, 0.1) is 13.2 Å². The van der Waals surface area contributed by atoms with E-state index >= 15 is 0 Å². The van der Waals surface area contributed by atoms with E-state index in [2.05, 4.69) is 10.6 Å². The number of hydrogen-bond donors (Lipinski definition) is 3. The van der Waals surface area contributed by atoms with Gasteiger partial charge in [0.1, 0.15) is 5.75 Å². The molecule has 21 heavy (non-hydrogen) atoms. The van der Waals surface area contributed by atoms with Gasteiger partial charge in [0.2, 0.25) is 5.91 Å². The summed E-state index contributed by atoms with van der Waals surface area (Å²) < 4.78 is 5.31. The van der Waals surface area contributed by atoms with Crippen LogP contribution in [0.15, 0.2) is 24.3 Å². The Hall–Kier alpha value is -2.24. The van der Waals surface area contributed by atoms with Gasteiger partial charge in [-0.3, -0.25) is 4.79 Å². The number of rotatable bonds is 8. The summed E-state index contributed by atoms with van der Waals surface area (Å²) in [4.78, 5) is 22.5. The molecule has 0 unspecified atom stereocenters. The highest BCUT2D eigenvalue weighted by Gasteiger charge is 2.16. The van der Waals surface area contributed by atoms with Crippen molar-refractivity contribution in [2.24, 2.45) is 5.73 Å². The maximum atomic E-state index is 11.9. The van der Waals surface area contributed by atoms with Crippen LogP contribution in [-0.2, 0) is 4.79 Å². The summed E-state index contributed by atoms with van der Waals surface area (Å²) in [5.74, 6) is 0.385. The smallest absolute Gasteiger partial charge is 0.315 e. The molecule has 0 aromatic heterocycles. The Morgan fingerprint density at radius 1 is 1.33 bits per heavy atom. The minimum Gasteiger partial charge on any atom is -0.496 e. The molecule has 6 heteroatoms. The molecule has 0 radical (unpaired) electrons. The molecule has 0 aliphatic heterocycles. The Labute approximate surface area is 125 Å². The molecule has 0 spiro atoms. The zero-order valence-electron chi connectivity index (χ0n) is 12.5. The number of urea groups is 1. The second kappa shape index (κ2) is 8.84. The molecule has 0 aliphatic rings. The van der Waals surface area contributed by atoms with E-state index in [1.54, 1.807) is 7.11 Å². The van der Waals surface area contributed by atoms with Gasteiger partial charge < -0.3 is 21.1 Å². The van der Waals surface area contributed by atoms with Gasteiger partial charge >= 0.3 is 6.03 Å². The molecule has 0 fully saturated rings. The Balaban J connectivity index is 2.53. The first-order chi connectivity index (χ1) is 10.1. The second-order valence-electron chi connectivity index (χ2n) is 4.67. The first-order valence-electron chi connectivity index (χ1n) is 7.04. The summed E-state index contributed by atoms with van der Waals surface area (Å²) in [6.45, 7) is 2.40. The predicted octanol–water partition coefficient (Wildman–Crippen LogP) is 1.71. The molecule has 0 heterocycles. The van der Waals surface area contributed by atoms with E-state index in [1.807, 2.05) is 31.2 Å². The molecule has 1 aromatic rings. The van der Waals surface area contributed by atoms with Crippen LogP contribution in [-0.4, -0.2) is 25.6 Å². The Morgan fingerprint density at radius 3 is 2.67 bits per heavy atom. The maximum absolute atomic E-state index is 11.9. The lowest BCUT2D eigenvalue weighted by atomic mass is 10.0. The lowest BCUT2D eigenvalue weighted by molar-refractivity contribution is -0.118. The maximum Gasteiger partial charge on any atom is 0.315 e. The van der Waals surface area contributed by atoms with Gasteiger partial charge in [-0.2, -0.15) is 0 Å². The van der Waals surface area contributed by atoms with Gasteiger partial charge in [-0.1, -0.05) is 25.1 Å². The molecule has 3 amide bonds. The van der Waals surface area contributed by atoms with Gasteiger partial charge in [0.25, 0.3) is 0 Å². The molecule has 0 bridgehead atoms. The van der Waals surface area contributed by atoms with Crippen LogP contribution in [0, 0.1) is 0 Å². The molecular weight excluding hydrogens is 270 g/mol. The topological polar surface area (TPSA) is 93.5 Å². The van der Waals surface area contributed by atoms with Gasteiger partial charge in [0.15, 0.2) is 0 Å². The number of hydrogen-bond acceptors (Lipinski definition) is 3. The van der Waals surface area contributed by atoms with Crippen LogP contribution in [0.1, 0.15) is 37.8 Å². The zero-order chi connectivity index (χ0) is 15.7. The molecule has 0 aliphatic carbocycles. The van der Waals surface area contributed by atoms with Gasteiger partial charge in [0, 0.05) is 18.5 Å². The zero-order valence-corrected chi connectivity index (χ0v) is 12.5. The van der Waals surface area contributed by atoms with Crippen LogP contribution in [0.2, 0.25) is 0 Å². The van der Waals surface area contributed by atoms with E-state index in [-0.39, 0.29) is 24.4 Å². The van der Waals surface area contributed by atoms with Gasteiger partial charge in [-0.05, 0) is 18.9 Å². The van der Waals surface area contributed by atoms with Crippen LogP contribution >= 0.6 is 0 Å². The van der Waals surface area contributed by atoms with Crippen molar-refractivity contribution in [2.45, 2.75) is 32.2 Å². The fourth-order valence-electron chi connectivity index (χ4n) is 2.03. The standard InChI is InChI=1S/C15H23N3O3/c1-3-12(11-7-4-5-8-13(11)21-2)18-15(20)17-10-6-9-14(16)19/h4-5,7-8,12H,3,6,9-10H2,1-2H3,(H2,16,19)(H2,17,18,20)/t12-/m0/s1. The predicted molar refractivity (Wildman–Crippen MR) is 81.0 cm³/mol. The van der Waals surface area contributed by atoms with E-state index in [0.717, 1.165) is 17.7 Å². The number of nitrogens with two attached hydrogens (primary N) is 1. The summed E-state index contributed by atoms with van der Waals surface area (Å²) in [5.41, 5.74) is 5.98. The summed E-state index contributed by atoms with van der Waals surface area (Å²) in [6.07, 6.45) is 1.55. The van der Waals surface area contributed by atoms with Gasteiger partial charge in [-0.15, -0.1) is 0 Å². The third kappa shape index (κ3) is 5.72. The number of amides is 3. The Morgan fingerprint density at radius 2 is 2.05 bits per heavy atom. The van der Waals surface area contributed by atoms with Crippen molar-refractivity contribution in [3.05, 3.63) is 29.8 Å². The van der Waals surface area contributed by atoms with Crippen LogP contribution in [0.4, 0.5) is 4.79 Å². The van der Waals surface area contributed by atoms with Crippen LogP contribution in [0.25, 0.3) is 0 Å². The SMILES string of the molecule is CC[C@H](NC(=O)NCCCC(N)=O)c1ccccc1OC. The largest absolute Gasteiger partial charge is 0.496 e. The number of ether oxygens (including phenoxy) is 1. The van der Waals surface area contributed by atoms with E-state index in [0.29, 0.717) is 13.0 Å². The van der Waals surface area contributed by atoms with Crippen LogP contribution in [0.5, 0.6) is 5.75 Å². The molecule has 1 rings (SSSR count). The molecule has 1 aromatic carbocycles. The van der Waals surface area contributed by atoms with E-state index in [9.17, 15) is 9.59 Å². The first kappa shape index (κ1) is 16.8. The molecule has 1 atom stereocenters. The monoisotopic (exact) mass is 293 g/mol. The van der Waals surface area contributed by atoms with Crippen molar-refractivity contribution in [1.82, 2.24) is 10.6 Å². The summed E-state index contributed by atoms with van der Waals surface area (Å²) >= 11 is 0. The minimum atomic E-state index is -0.363. The number of benzene rings is 1. The summed E-state index contributed by atoms with van der Waals surface area (Å²) in [7, 11) is 1.61. The van der Waals surface area contributed by atoms with Crippen LogP contribution in [0.3, 0.4) is 0 Å². The fourth-order valence-corrected chi connectivity index (χ4v) is 2.03. The number of methoxy groups -OCH3 is 1. The number of carbonyl (C=O) groups excluding carboxylic acids is 2. The number of nitrogens with one attached hydrogen (secondary N) is 2. The van der Waals surface area contributed by atoms with Crippen molar-refractivity contribution in [3.63, 3.8) is 0 Å². The first-order valence-corrected chi connectivity index (χ1v) is 7.04. The van der Waals surface area contributed by atoms with Crippen molar-refractivity contribution in [1.29, 1.82) is 0 Å². The number of carbonyl (C=O) groups is 2. The van der Waals surface area contributed by atoms with Gasteiger partial charge in [-0.25, -0.2) is 4.79 Å². The van der Waals surface area contributed by atoms with Crippen molar-refractivity contribution >= 4 is 11.9 Å². The average molecular weight is 293 g/mol. The fraction of sp³-hybridized carbons (Fsp3) is 0.467. The summed E-state index contributed by atoms with van der Waals surface area (Å²) in [6, 6.07) is 7.20. The van der Waals surface area contributed by atoms with E-state index < -0.39 is 0 Å². The van der Waals surface area contributed by atoms with Crippen molar-refractivity contribution in [2.75, 3.05) is 13.7 Å². The number of primary amides is 1. The normalized spacial score (nSPS) is 11.5. The minimum absolute atomic E-state index is 0.128. The lowest BCUT2D eigenvalue weighted by Crippen LogP contribution is -2.38.